The lowest BCUT2D eigenvalue weighted by atomic mass is 10.2. The molecule has 3 rings (SSSR count). The molecule has 1 unspecified atom stereocenters. The highest BCUT2D eigenvalue weighted by Gasteiger charge is 2.26. The van der Waals surface area contributed by atoms with Crippen molar-refractivity contribution in [1.29, 1.82) is 0 Å². The molecule has 1 saturated heterocycles. The van der Waals surface area contributed by atoms with Crippen LogP contribution in [0.3, 0.4) is 0 Å². The minimum Gasteiger partial charge on any atom is -0.355 e. The summed E-state index contributed by atoms with van der Waals surface area (Å²) in [5.41, 5.74) is 0.861. The van der Waals surface area contributed by atoms with Crippen LogP contribution in [0.4, 0.5) is 5.82 Å². The van der Waals surface area contributed by atoms with E-state index < -0.39 is 10.0 Å². The second kappa shape index (κ2) is 6.93. The summed E-state index contributed by atoms with van der Waals surface area (Å²) < 4.78 is 27.1. The van der Waals surface area contributed by atoms with Crippen molar-refractivity contribution < 1.29 is 8.42 Å². The van der Waals surface area contributed by atoms with Crippen LogP contribution in [0, 0.1) is 0 Å². The molecule has 1 aliphatic rings. The topological polar surface area (TPSA) is 62.3 Å². The Labute approximate surface area is 136 Å². The summed E-state index contributed by atoms with van der Waals surface area (Å²) in [6, 6.07) is 15.0. The number of hydrogen-bond acceptors (Lipinski definition) is 4. The lowest BCUT2D eigenvalue weighted by molar-refractivity contribution is 0.570. The van der Waals surface area contributed by atoms with Crippen molar-refractivity contribution in [2.75, 3.05) is 18.0 Å². The van der Waals surface area contributed by atoms with E-state index in [1.165, 1.54) is 5.41 Å². The van der Waals surface area contributed by atoms with Gasteiger partial charge in [-0.15, -0.1) is 0 Å². The van der Waals surface area contributed by atoms with Gasteiger partial charge in [0.15, 0.2) is 0 Å². The summed E-state index contributed by atoms with van der Waals surface area (Å²) >= 11 is 0. The molecule has 2 aromatic rings. The molecule has 1 aliphatic heterocycles. The first-order valence-electron chi connectivity index (χ1n) is 7.54. The van der Waals surface area contributed by atoms with Gasteiger partial charge in [0.2, 0.25) is 10.0 Å². The maximum Gasteiger partial charge on any atom is 0.234 e. The summed E-state index contributed by atoms with van der Waals surface area (Å²) in [7, 11) is -3.45. The molecular weight excluding hydrogens is 310 g/mol. The Morgan fingerprint density at radius 2 is 1.91 bits per heavy atom. The number of nitrogens with one attached hydrogen (secondary N) is 1. The second-order valence-corrected chi connectivity index (χ2v) is 7.09. The number of sulfonamides is 1. The van der Waals surface area contributed by atoms with Gasteiger partial charge in [-0.25, -0.2) is 18.1 Å². The van der Waals surface area contributed by atoms with E-state index in [1.807, 2.05) is 48.5 Å². The van der Waals surface area contributed by atoms with Gasteiger partial charge in [-0.1, -0.05) is 36.4 Å². The van der Waals surface area contributed by atoms with E-state index in [0.29, 0.717) is 6.54 Å². The lowest BCUT2D eigenvalue weighted by Gasteiger charge is -2.17. The first kappa shape index (κ1) is 15.7. The minimum atomic E-state index is -3.45. The lowest BCUT2D eigenvalue weighted by Crippen LogP contribution is -2.36. The molecule has 1 aromatic carbocycles. The third kappa shape index (κ3) is 4.40. The predicted molar refractivity (Wildman–Crippen MR) is 92.4 cm³/mol. The molecule has 0 radical (unpaired) electrons. The SMILES string of the molecule is O=S(=O)(C=Cc1ccccc1)NC1CCN(c2ccccn2)C1. The Hall–Kier alpha value is -2.18. The van der Waals surface area contributed by atoms with Crippen molar-refractivity contribution in [3.63, 3.8) is 0 Å². The van der Waals surface area contributed by atoms with E-state index >= 15 is 0 Å². The zero-order chi connectivity index (χ0) is 16.1. The fourth-order valence-electron chi connectivity index (χ4n) is 2.61. The summed E-state index contributed by atoms with van der Waals surface area (Å²) in [6.45, 7) is 1.43. The van der Waals surface area contributed by atoms with E-state index in [-0.39, 0.29) is 6.04 Å². The molecule has 0 spiro atoms. The summed E-state index contributed by atoms with van der Waals surface area (Å²) in [6.07, 6.45) is 4.12. The third-order valence-electron chi connectivity index (χ3n) is 3.73. The van der Waals surface area contributed by atoms with Gasteiger partial charge in [0.25, 0.3) is 0 Å². The average Bonchev–Trinajstić information content (AvgIpc) is 3.03. The monoisotopic (exact) mass is 329 g/mol. The minimum absolute atomic E-state index is 0.0950. The van der Waals surface area contributed by atoms with Crippen LogP contribution in [0.1, 0.15) is 12.0 Å². The summed E-state index contributed by atoms with van der Waals surface area (Å²) in [5, 5.41) is 1.23. The van der Waals surface area contributed by atoms with Gasteiger partial charge in [-0.05, 0) is 30.2 Å². The first-order valence-corrected chi connectivity index (χ1v) is 9.08. The van der Waals surface area contributed by atoms with Crippen molar-refractivity contribution in [3.05, 3.63) is 65.7 Å². The fraction of sp³-hybridized carbons (Fsp3) is 0.235. The van der Waals surface area contributed by atoms with Crippen LogP contribution in [0.5, 0.6) is 0 Å². The summed E-state index contributed by atoms with van der Waals surface area (Å²) in [4.78, 5) is 6.39. The molecule has 6 heteroatoms. The molecule has 1 atom stereocenters. The zero-order valence-electron chi connectivity index (χ0n) is 12.7. The molecule has 5 nitrogen and oxygen atoms in total. The molecule has 1 aromatic heterocycles. The molecule has 120 valence electrons. The second-order valence-electron chi connectivity index (χ2n) is 5.50. The molecule has 0 amide bonds. The predicted octanol–water partition coefficient (Wildman–Crippen LogP) is 2.25. The smallest absolute Gasteiger partial charge is 0.234 e. The quantitative estimate of drug-likeness (QED) is 0.914. The van der Waals surface area contributed by atoms with Crippen LogP contribution in [0.25, 0.3) is 6.08 Å². The van der Waals surface area contributed by atoms with Crippen LogP contribution in [-0.4, -0.2) is 32.5 Å². The van der Waals surface area contributed by atoms with Gasteiger partial charge in [-0.3, -0.25) is 0 Å². The Bertz CT molecular complexity index is 761. The molecule has 1 fully saturated rings. The highest BCUT2D eigenvalue weighted by atomic mass is 32.2. The Kier molecular flexibility index (Phi) is 4.73. The van der Waals surface area contributed by atoms with E-state index in [2.05, 4.69) is 14.6 Å². The maximum absolute atomic E-state index is 12.2. The van der Waals surface area contributed by atoms with E-state index in [0.717, 1.165) is 24.3 Å². The number of benzene rings is 1. The molecular formula is C17H19N3O2S. The van der Waals surface area contributed by atoms with Crippen molar-refractivity contribution in [2.45, 2.75) is 12.5 Å². The van der Waals surface area contributed by atoms with Crippen LogP contribution >= 0.6 is 0 Å². The highest BCUT2D eigenvalue weighted by molar-refractivity contribution is 7.92. The van der Waals surface area contributed by atoms with Crippen molar-refractivity contribution in [1.82, 2.24) is 9.71 Å². The van der Waals surface area contributed by atoms with E-state index in [9.17, 15) is 8.42 Å². The third-order valence-corrected chi connectivity index (χ3v) is 4.89. The highest BCUT2D eigenvalue weighted by Crippen LogP contribution is 2.18. The standard InChI is InChI=1S/C17H19N3O2S/c21-23(22,13-10-15-6-2-1-3-7-15)19-16-9-12-20(14-16)17-8-4-5-11-18-17/h1-8,10-11,13,16,19H,9,12,14H2. The number of rotatable bonds is 5. The zero-order valence-corrected chi connectivity index (χ0v) is 13.5. The van der Waals surface area contributed by atoms with Crippen molar-refractivity contribution in [2.24, 2.45) is 0 Å². The van der Waals surface area contributed by atoms with Crippen molar-refractivity contribution in [3.8, 4) is 0 Å². The fourth-order valence-corrected chi connectivity index (χ4v) is 3.68. The largest absolute Gasteiger partial charge is 0.355 e. The normalized spacial score (nSPS) is 18.6. The average molecular weight is 329 g/mol. The number of nitrogens with zero attached hydrogens (tertiary/aromatic N) is 2. The van der Waals surface area contributed by atoms with Gasteiger partial charge < -0.3 is 4.90 Å². The molecule has 1 N–H and O–H groups in total. The van der Waals surface area contributed by atoms with Crippen LogP contribution in [0.15, 0.2) is 60.1 Å². The van der Waals surface area contributed by atoms with Gasteiger partial charge in [0, 0.05) is 30.7 Å². The van der Waals surface area contributed by atoms with Gasteiger partial charge in [0.05, 0.1) is 0 Å². The summed E-state index contributed by atoms with van der Waals surface area (Å²) in [5.74, 6) is 0.883. The molecule has 23 heavy (non-hydrogen) atoms. The van der Waals surface area contributed by atoms with Crippen molar-refractivity contribution >= 4 is 21.9 Å². The van der Waals surface area contributed by atoms with Crippen LogP contribution in [-0.2, 0) is 10.0 Å². The number of pyridine rings is 1. The Morgan fingerprint density at radius 1 is 1.13 bits per heavy atom. The first-order chi connectivity index (χ1) is 11.1. The molecule has 0 aliphatic carbocycles. The van der Waals surface area contributed by atoms with Gasteiger partial charge >= 0.3 is 0 Å². The maximum atomic E-state index is 12.2. The van der Waals surface area contributed by atoms with Crippen LogP contribution in [0.2, 0.25) is 0 Å². The Morgan fingerprint density at radius 3 is 2.65 bits per heavy atom. The number of anilines is 1. The molecule has 0 bridgehead atoms. The molecule has 2 heterocycles. The van der Waals surface area contributed by atoms with Gasteiger partial charge in [-0.2, -0.15) is 0 Å². The van der Waals surface area contributed by atoms with Gasteiger partial charge in [0.1, 0.15) is 5.82 Å². The number of hydrogen-bond donors (Lipinski definition) is 1. The Balaban J connectivity index is 1.60. The van der Waals surface area contributed by atoms with E-state index in [1.54, 1.807) is 12.3 Å². The molecule has 0 saturated carbocycles. The van der Waals surface area contributed by atoms with Crippen LogP contribution < -0.4 is 9.62 Å². The number of aromatic nitrogens is 1. The van der Waals surface area contributed by atoms with E-state index in [4.69, 9.17) is 0 Å².